The van der Waals surface area contributed by atoms with E-state index in [0.717, 1.165) is 0 Å². The maximum Gasteiger partial charge on any atom is 0.407 e. The molecule has 0 aliphatic heterocycles. The van der Waals surface area contributed by atoms with Crippen LogP contribution in [0.1, 0.15) is 18.4 Å². The number of aliphatic carboxylic acids is 1. The Bertz CT molecular complexity index is 702. The molecular weight excluding hydrogens is 348 g/mol. The number of nitrogens with one attached hydrogen (secondary N) is 1. The fraction of sp³-hybridized carbons (Fsp3) is 0.375. The monoisotopic (exact) mass is 368 g/mol. The first-order chi connectivity index (χ1) is 12.3. The van der Waals surface area contributed by atoms with Crippen LogP contribution in [0, 0.1) is 10.1 Å². The molecule has 0 saturated heterocycles. The number of methoxy groups -OCH3 is 2. The molecule has 2 N–H and O–H groups in total. The molecule has 1 aromatic rings. The molecule has 1 aromatic carbocycles. The minimum Gasteiger partial charge on any atom is -0.493 e. The van der Waals surface area contributed by atoms with Crippen molar-refractivity contribution in [3.05, 3.63) is 40.0 Å². The summed E-state index contributed by atoms with van der Waals surface area (Å²) in [5.74, 6) is -0.635. The summed E-state index contributed by atoms with van der Waals surface area (Å²) in [5.41, 5.74) is -0.0867. The lowest BCUT2D eigenvalue weighted by molar-refractivity contribution is -0.385. The number of hydrogen-bond donors (Lipinski definition) is 2. The van der Waals surface area contributed by atoms with E-state index in [0.29, 0.717) is 6.42 Å². The van der Waals surface area contributed by atoms with Gasteiger partial charge in [-0.1, -0.05) is 6.58 Å². The van der Waals surface area contributed by atoms with Gasteiger partial charge in [0.25, 0.3) is 5.69 Å². The third kappa shape index (κ3) is 5.96. The summed E-state index contributed by atoms with van der Waals surface area (Å²) in [5, 5.41) is 22.3. The number of benzene rings is 1. The van der Waals surface area contributed by atoms with Crippen molar-refractivity contribution in [2.24, 2.45) is 0 Å². The fourth-order valence-electron chi connectivity index (χ4n) is 1.99. The van der Waals surface area contributed by atoms with Gasteiger partial charge in [0.1, 0.15) is 6.61 Å². The highest BCUT2D eigenvalue weighted by Crippen LogP contribution is 2.34. The van der Waals surface area contributed by atoms with E-state index in [4.69, 9.17) is 19.3 Å². The number of carbonyl (C=O) groups is 2. The summed E-state index contributed by atoms with van der Waals surface area (Å²) in [4.78, 5) is 32.8. The molecule has 0 bridgehead atoms. The van der Waals surface area contributed by atoms with Crippen LogP contribution in [-0.4, -0.2) is 42.9 Å². The van der Waals surface area contributed by atoms with Crippen LogP contribution in [0.25, 0.3) is 0 Å². The first-order valence-corrected chi connectivity index (χ1v) is 7.51. The number of nitro benzene ring substituents is 1. The Morgan fingerprint density at radius 3 is 2.42 bits per heavy atom. The van der Waals surface area contributed by atoms with Gasteiger partial charge in [-0.2, -0.15) is 0 Å². The van der Waals surface area contributed by atoms with Crippen molar-refractivity contribution in [3.8, 4) is 11.5 Å². The molecule has 0 heterocycles. The van der Waals surface area contributed by atoms with Crippen LogP contribution in [0.4, 0.5) is 10.5 Å². The van der Waals surface area contributed by atoms with Gasteiger partial charge in [-0.3, -0.25) is 10.1 Å². The lowest BCUT2D eigenvalue weighted by Gasteiger charge is -2.11. The zero-order valence-electron chi connectivity index (χ0n) is 14.4. The minimum absolute atomic E-state index is 0.0427. The van der Waals surface area contributed by atoms with Gasteiger partial charge in [0.15, 0.2) is 11.5 Å². The van der Waals surface area contributed by atoms with Crippen molar-refractivity contribution in [1.82, 2.24) is 5.32 Å². The van der Waals surface area contributed by atoms with E-state index in [-0.39, 0.29) is 47.9 Å². The Hall–Kier alpha value is -3.30. The van der Waals surface area contributed by atoms with Crippen LogP contribution in [0.3, 0.4) is 0 Å². The summed E-state index contributed by atoms with van der Waals surface area (Å²) in [6.45, 7) is 3.21. The van der Waals surface area contributed by atoms with Crippen LogP contribution in [-0.2, 0) is 16.1 Å². The number of rotatable bonds is 10. The predicted molar refractivity (Wildman–Crippen MR) is 90.4 cm³/mol. The maximum absolute atomic E-state index is 11.7. The van der Waals surface area contributed by atoms with Gasteiger partial charge in [-0.25, -0.2) is 9.59 Å². The van der Waals surface area contributed by atoms with Crippen molar-refractivity contribution in [2.75, 3.05) is 20.8 Å². The maximum atomic E-state index is 11.7. The number of amides is 1. The van der Waals surface area contributed by atoms with Crippen molar-refractivity contribution in [3.63, 3.8) is 0 Å². The largest absolute Gasteiger partial charge is 0.493 e. The molecule has 1 rings (SSSR count). The lowest BCUT2D eigenvalue weighted by Crippen LogP contribution is -2.25. The molecule has 0 unspecified atom stereocenters. The molecular formula is C16H20N2O8. The van der Waals surface area contributed by atoms with Gasteiger partial charge in [0.05, 0.1) is 30.8 Å². The van der Waals surface area contributed by atoms with Crippen molar-refractivity contribution < 1.29 is 33.8 Å². The van der Waals surface area contributed by atoms with E-state index < -0.39 is 17.0 Å². The first kappa shape index (κ1) is 20.7. The third-order valence-corrected chi connectivity index (χ3v) is 3.37. The second-order valence-corrected chi connectivity index (χ2v) is 5.11. The number of nitrogens with zero attached hydrogens (tertiary/aromatic N) is 1. The number of carboxylic acid groups (broad SMARTS) is 1. The zero-order chi connectivity index (χ0) is 19.7. The molecule has 0 fully saturated rings. The van der Waals surface area contributed by atoms with Gasteiger partial charge < -0.3 is 24.6 Å². The molecule has 142 valence electrons. The Labute approximate surface area is 149 Å². The van der Waals surface area contributed by atoms with E-state index in [9.17, 15) is 19.7 Å². The molecule has 10 heteroatoms. The molecule has 0 spiro atoms. The van der Waals surface area contributed by atoms with Gasteiger partial charge in [0, 0.05) is 12.1 Å². The van der Waals surface area contributed by atoms with Crippen LogP contribution in [0.5, 0.6) is 11.5 Å². The molecule has 0 aliphatic carbocycles. The Morgan fingerprint density at radius 2 is 1.88 bits per heavy atom. The van der Waals surface area contributed by atoms with Crippen LogP contribution in [0.15, 0.2) is 24.3 Å². The van der Waals surface area contributed by atoms with Crippen molar-refractivity contribution in [1.29, 1.82) is 0 Å². The van der Waals surface area contributed by atoms with Crippen LogP contribution in [0.2, 0.25) is 0 Å². The van der Waals surface area contributed by atoms with E-state index in [2.05, 4.69) is 11.9 Å². The Morgan fingerprint density at radius 1 is 1.27 bits per heavy atom. The van der Waals surface area contributed by atoms with E-state index in [1.165, 1.54) is 26.4 Å². The summed E-state index contributed by atoms with van der Waals surface area (Å²) in [6, 6.07) is 2.55. The second-order valence-electron chi connectivity index (χ2n) is 5.11. The predicted octanol–water partition coefficient (Wildman–Crippen LogP) is 2.26. The number of alkyl carbamates (subject to hydrolysis) is 1. The average molecular weight is 368 g/mol. The van der Waals surface area contributed by atoms with E-state index in [1.807, 2.05) is 0 Å². The molecule has 0 radical (unpaired) electrons. The molecule has 0 aliphatic rings. The van der Waals surface area contributed by atoms with Gasteiger partial charge in [-0.15, -0.1) is 0 Å². The highest BCUT2D eigenvalue weighted by molar-refractivity contribution is 5.85. The summed E-state index contributed by atoms with van der Waals surface area (Å²) in [6.07, 6.45) is -0.192. The molecule has 26 heavy (non-hydrogen) atoms. The van der Waals surface area contributed by atoms with Crippen molar-refractivity contribution in [2.45, 2.75) is 19.4 Å². The van der Waals surface area contributed by atoms with Gasteiger partial charge >= 0.3 is 12.1 Å². The Balaban J connectivity index is 2.63. The number of carbonyl (C=O) groups excluding carboxylic acids is 1. The van der Waals surface area contributed by atoms with E-state index in [1.54, 1.807) is 0 Å². The van der Waals surface area contributed by atoms with Crippen molar-refractivity contribution >= 4 is 17.7 Å². The summed E-state index contributed by atoms with van der Waals surface area (Å²) >= 11 is 0. The smallest absolute Gasteiger partial charge is 0.407 e. The second kappa shape index (κ2) is 9.87. The average Bonchev–Trinajstić information content (AvgIpc) is 2.62. The number of ether oxygens (including phenoxy) is 3. The highest BCUT2D eigenvalue weighted by Gasteiger charge is 2.20. The van der Waals surface area contributed by atoms with Crippen LogP contribution < -0.4 is 14.8 Å². The van der Waals surface area contributed by atoms with E-state index >= 15 is 0 Å². The van der Waals surface area contributed by atoms with Crippen LogP contribution >= 0.6 is 0 Å². The third-order valence-electron chi connectivity index (χ3n) is 3.37. The number of hydrogen-bond acceptors (Lipinski definition) is 7. The topological polar surface area (TPSA) is 137 Å². The molecule has 0 atom stereocenters. The normalized spacial score (nSPS) is 9.92. The number of carboxylic acids is 1. The van der Waals surface area contributed by atoms with Gasteiger partial charge in [0.2, 0.25) is 0 Å². The molecule has 1 amide bonds. The minimum atomic E-state index is -1.09. The fourth-order valence-corrected chi connectivity index (χ4v) is 1.99. The quantitative estimate of drug-likeness (QED) is 0.278. The standard InChI is InChI=1S/C16H20N2O8/c1-10(15(19)20)5-4-6-17-16(21)26-9-11-7-13(24-2)14(25-3)8-12(11)18(22)23/h7-8H,1,4-6,9H2,2-3H3,(H,17,21)(H,19,20). The Kier molecular flexibility index (Phi) is 7.87. The number of nitro groups is 1. The SMILES string of the molecule is C=C(CCCNC(=O)OCc1cc(OC)c(OC)cc1[N+](=O)[O-])C(=O)O. The molecule has 0 aromatic heterocycles. The highest BCUT2D eigenvalue weighted by atomic mass is 16.6. The van der Waals surface area contributed by atoms with Gasteiger partial charge in [-0.05, 0) is 18.9 Å². The molecule has 0 saturated carbocycles. The molecule has 10 nitrogen and oxygen atoms in total. The summed E-state index contributed by atoms with van der Waals surface area (Å²) in [7, 11) is 2.73. The first-order valence-electron chi connectivity index (χ1n) is 7.51. The lowest BCUT2D eigenvalue weighted by atomic mass is 10.1. The summed E-state index contributed by atoms with van der Waals surface area (Å²) < 4.78 is 15.0. The zero-order valence-corrected chi connectivity index (χ0v) is 14.4.